The number of carbonyl (C=O) groups excluding carboxylic acids is 4. The van der Waals surface area contributed by atoms with Crippen molar-refractivity contribution in [1.82, 2.24) is 10.2 Å². The Labute approximate surface area is 126 Å². The number of imide groups is 2. The van der Waals surface area contributed by atoms with Gasteiger partial charge < -0.3 is 4.74 Å². The minimum absolute atomic E-state index is 0.165. The number of nitrogens with zero attached hydrogens (tertiary/aromatic N) is 1. The van der Waals surface area contributed by atoms with Gasteiger partial charge in [-0.2, -0.15) is 0 Å². The molecule has 1 aromatic carbocycles. The summed E-state index contributed by atoms with van der Waals surface area (Å²) in [5.41, 5.74) is 0.381. The van der Waals surface area contributed by atoms with Crippen molar-refractivity contribution >= 4 is 23.6 Å². The maximum Gasteiger partial charge on any atom is 0.266 e. The highest BCUT2D eigenvalue weighted by molar-refractivity contribution is 6.24. The van der Waals surface area contributed by atoms with Gasteiger partial charge in [-0.1, -0.05) is 6.07 Å². The maximum absolute atomic E-state index is 12.6. The topological polar surface area (TPSA) is 92.8 Å². The fourth-order valence-electron chi connectivity index (χ4n) is 2.84. The molecule has 7 nitrogen and oxygen atoms in total. The van der Waals surface area contributed by atoms with E-state index in [-0.39, 0.29) is 29.9 Å². The van der Waals surface area contributed by atoms with Crippen molar-refractivity contribution in [3.63, 3.8) is 0 Å². The first kappa shape index (κ1) is 14.2. The Kier molecular flexibility index (Phi) is 3.40. The average molecular weight is 302 g/mol. The molecule has 7 heteroatoms. The molecule has 0 saturated carbocycles. The van der Waals surface area contributed by atoms with E-state index in [1.807, 2.05) is 0 Å². The van der Waals surface area contributed by atoms with Gasteiger partial charge in [-0.25, -0.2) is 0 Å². The number of hydrogen-bond acceptors (Lipinski definition) is 5. The molecule has 2 aliphatic rings. The molecule has 0 unspecified atom stereocenters. The monoisotopic (exact) mass is 302 g/mol. The van der Waals surface area contributed by atoms with Gasteiger partial charge in [0.2, 0.25) is 11.8 Å². The first-order valence-corrected chi connectivity index (χ1v) is 6.93. The van der Waals surface area contributed by atoms with Crippen molar-refractivity contribution in [3.8, 4) is 5.75 Å². The second-order valence-corrected chi connectivity index (χ2v) is 5.18. The second-order valence-electron chi connectivity index (χ2n) is 5.18. The largest absolute Gasteiger partial charge is 0.496 e. The van der Waals surface area contributed by atoms with Crippen LogP contribution in [-0.4, -0.2) is 41.7 Å². The van der Waals surface area contributed by atoms with Crippen LogP contribution in [0.3, 0.4) is 0 Å². The van der Waals surface area contributed by atoms with Crippen LogP contribution in [0.5, 0.6) is 5.75 Å². The SMILES string of the molecule is COc1cccc2c1C(=O)N([C@H]1CCCC(=O)NC1=O)C2=O. The third-order valence-corrected chi connectivity index (χ3v) is 3.89. The van der Waals surface area contributed by atoms with E-state index in [0.29, 0.717) is 12.2 Å². The summed E-state index contributed by atoms with van der Waals surface area (Å²) in [6.45, 7) is 0. The lowest BCUT2D eigenvalue weighted by atomic mass is 10.1. The Morgan fingerprint density at radius 2 is 1.95 bits per heavy atom. The molecule has 3 rings (SSSR count). The van der Waals surface area contributed by atoms with Crippen LogP contribution < -0.4 is 10.1 Å². The van der Waals surface area contributed by atoms with Gasteiger partial charge in [0.1, 0.15) is 11.8 Å². The molecule has 1 fully saturated rings. The number of benzene rings is 1. The molecule has 4 amide bonds. The van der Waals surface area contributed by atoms with E-state index in [9.17, 15) is 19.2 Å². The van der Waals surface area contributed by atoms with Crippen molar-refractivity contribution < 1.29 is 23.9 Å². The normalized spacial score (nSPS) is 21.5. The molecule has 1 saturated heterocycles. The van der Waals surface area contributed by atoms with Crippen LogP contribution >= 0.6 is 0 Å². The fourth-order valence-corrected chi connectivity index (χ4v) is 2.84. The van der Waals surface area contributed by atoms with Crippen LogP contribution in [-0.2, 0) is 9.59 Å². The van der Waals surface area contributed by atoms with Gasteiger partial charge in [-0.15, -0.1) is 0 Å². The highest BCUT2D eigenvalue weighted by Crippen LogP contribution is 2.33. The summed E-state index contributed by atoms with van der Waals surface area (Å²) in [7, 11) is 1.41. The van der Waals surface area contributed by atoms with E-state index < -0.39 is 23.8 Å². The van der Waals surface area contributed by atoms with Crippen LogP contribution in [0.25, 0.3) is 0 Å². The van der Waals surface area contributed by atoms with Crippen molar-refractivity contribution in [3.05, 3.63) is 29.3 Å². The summed E-state index contributed by atoms with van der Waals surface area (Å²) in [4.78, 5) is 49.5. The summed E-state index contributed by atoms with van der Waals surface area (Å²) in [6.07, 6.45) is 0.910. The summed E-state index contributed by atoms with van der Waals surface area (Å²) in [5.74, 6) is -1.80. The van der Waals surface area contributed by atoms with E-state index >= 15 is 0 Å². The molecule has 114 valence electrons. The third kappa shape index (κ3) is 2.05. The van der Waals surface area contributed by atoms with Gasteiger partial charge >= 0.3 is 0 Å². The van der Waals surface area contributed by atoms with Gasteiger partial charge in [0.15, 0.2) is 0 Å². The predicted octanol–water partition coefficient (Wildman–Crippen LogP) is 0.486. The van der Waals surface area contributed by atoms with Crippen molar-refractivity contribution in [1.29, 1.82) is 0 Å². The van der Waals surface area contributed by atoms with Gasteiger partial charge in [0.05, 0.1) is 18.2 Å². The zero-order valence-electron chi connectivity index (χ0n) is 11.9. The molecule has 0 spiro atoms. The van der Waals surface area contributed by atoms with Gasteiger partial charge in [-0.05, 0) is 25.0 Å². The molecule has 2 heterocycles. The molecule has 1 N–H and O–H groups in total. The molecular weight excluding hydrogens is 288 g/mol. The maximum atomic E-state index is 12.6. The number of methoxy groups -OCH3 is 1. The molecular formula is C15H14N2O5. The number of rotatable bonds is 2. The Hall–Kier alpha value is -2.70. The lowest BCUT2D eigenvalue weighted by molar-refractivity contribution is -0.131. The first-order chi connectivity index (χ1) is 10.5. The smallest absolute Gasteiger partial charge is 0.266 e. The fraction of sp³-hybridized carbons (Fsp3) is 0.333. The minimum Gasteiger partial charge on any atom is -0.496 e. The summed E-state index contributed by atoms with van der Waals surface area (Å²) >= 11 is 0. The second kappa shape index (κ2) is 5.25. The Balaban J connectivity index is 2.00. The van der Waals surface area contributed by atoms with Gasteiger partial charge in [0.25, 0.3) is 11.8 Å². The number of amides is 4. The summed E-state index contributed by atoms with van der Waals surface area (Å²) in [6, 6.07) is 3.76. The molecule has 0 aliphatic carbocycles. The van der Waals surface area contributed by atoms with E-state index in [2.05, 4.69) is 5.32 Å². The van der Waals surface area contributed by atoms with Gasteiger partial charge in [0, 0.05) is 6.42 Å². The highest BCUT2D eigenvalue weighted by Gasteiger charge is 2.45. The van der Waals surface area contributed by atoms with Crippen LogP contribution in [0.1, 0.15) is 40.0 Å². The van der Waals surface area contributed by atoms with E-state index in [4.69, 9.17) is 4.74 Å². The lowest BCUT2D eigenvalue weighted by Crippen LogP contribution is -2.49. The Morgan fingerprint density at radius 1 is 1.18 bits per heavy atom. The zero-order chi connectivity index (χ0) is 15.9. The minimum atomic E-state index is -0.969. The van der Waals surface area contributed by atoms with E-state index in [1.165, 1.54) is 13.2 Å². The first-order valence-electron chi connectivity index (χ1n) is 6.93. The van der Waals surface area contributed by atoms with Crippen molar-refractivity contribution in [2.75, 3.05) is 7.11 Å². The molecule has 0 radical (unpaired) electrons. The number of hydrogen-bond donors (Lipinski definition) is 1. The number of fused-ring (bicyclic) bond motifs is 1. The van der Waals surface area contributed by atoms with Crippen molar-refractivity contribution in [2.45, 2.75) is 25.3 Å². The molecule has 1 atom stereocenters. The Bertz CT molecular complexity index is 697. The predicted molar refractivity (Wildman–Crippen MR) is 74.3 cm³/mol. The third-order valence-electron chi connectivity index (χ3n) is 3.89. The van der Waals surface area contributed by atoms with E-state index in [0.717, 1.165) is 4.90 Å². The quantitative estimate of drug-likeness (QED) is 0.802. The molecule has 0 aromatic heterocycles. The molecule has 2 aliphatic heterocycles. The number of carbonyl (C=O) groups is 4. The van der Waals surface area contributed by atoms with Crippen LogP contribution in [0.15, 0.2) is 18.2 Å². The molecule has 1 aromatic rings. The molecule has 0 bridgehead atoms. The standard InChI is InChI=1S/C15H14N2O5/c1-22-10-6-2-4-8-12(10)15(21)17(14(8)20)9-5-3-7-11(18)16-13(9)19/h2,4,6,9H,3,5,7H2,1H3,(H,16,18,19)/t9-/m0/s1. The van der Waals surface area contributed by atoms with E-state index in [1.54, 1.807) is 12.1 Å². The number of nitrogens with one attached hydrogen (secondary N) is 1. The van der Waals surface area contributed by atoms with Crippen LogP contribution in [0.2, 0.25) is 0 Å². The lowest BCUT2D eigenvalue weighted by Gasteiger charge is -2.23. The number of ether oxygens (including phenoxy) is 1. The Morgan fingerprint density at radius 3 is 2.68 bits per heavy atom. The van der Waals surface area contributed by atoms with Crippen LogP contribution in [0.4, 0.5) is 0 Å². The van der Waals surface area contributed by atoms with Crippen LogP contribution in [0, 0.1) is 0 Å². The van der Waals surface area contributed by atoms with Crippen molar-refractivity contribution in [2.24, 2.45) is 0 Å². The summed E-state index contributed by atoms with van der Waals surface area (Å²) < 4.78 is 5.13. The zero-order valence-corrected chi connectivity index (χ0v) is 11.9. The summed E-state index contributed by atoms with van der Waals surface area (Å²) in [5, 5.41) is 2.21. The average Bonchev–Trinajstić information content (AvgIpc) is 2.64. The van der Waals surface area contributed by atoms with Gasteiger partial charge in [-0.3, -0.25) is 29.4 Å². The molecule has 22 heavy (non-hydrogen) atoms. The highest BCUT2D eigenvalue weighted by atomic mass is 16.5.